The van der Waals surface area contributed by atoms with Gasteiger partial charge in [-0.25, -0.2) is 0 Å². The third-order valence-corrected chi connectivity index (χ3v) is 3.31. The fourth-order valence-electron chi connectivity index (χ4n) is 1.55. The molecular weight excluding hydrogens is 302 g/mol. The molecule has 2 aliphatic rings. The van der Waals surface area contributed by atoms with E-state index in [-0.39, 0.29) is 29.2 Å². The third kappa shape index (κ3) is 4.77. The number of hydrogen-bond donors (Lipinski definition) is 0. The summed E-state index contributed by atoms with van der Waals surface area (Å²) in [6, 6.07) is 0.423. The van der Waals surface area contributed by atoms with E-state index in [1.165, 1.54) is 0 Å². The van der Waals surface area contributed by atoms with Gasteiger partial charge in [0.1, 0.15) is 31.0 Å². The van der Waals surface area contributed by atoms with Gasteiger partial charge in [-0.1, -0.05) is 6.58 Å². The summed E-state index contributed by atoms with van der Waals surface area (Å²) in [5.74, 6) is 0. The van der Waals surface area contributed by atoms with Crippen molar-refractivity contribution >= 4 is 0 Å². The van der Waals surface area contributed by atoms with Gasteiger partial charge in [0.25, 0.3) is 0 Å². The van der Waals surface area contributed by atoms with Crippen molar-refractivity contribution in [3.63, 3.8) is 0 Å². The van der Waals surface area contributed by atoms with Crippen LogP contribution in [-0.2, 0) is 9.47 Å². The van der Waals surface area contributed by atoms with E-state index in [2.05, 4.69) is 21.5 Å². The Hall–Kier alpha value is -1.93. The highest BCUT2D eigenvalue weighted by molar-refractivity contribution is 5.11. The van der Waals surface area contributed by atoms with E-state index in [0.29, 0.717) is 33.0 Å². The van der Waals surface area contributed by atoms with E-state index >= 15 is 0 Å². The van der Waals surface area contributed by atoms with Crippen molar-refractivity contribution in [3.05, 3.63) is 12.2 Å². The van der Waals surface area contributed by atoms with Crippen molar-refractivity contribution in [3.8, 4) is 18.0 Å². The monoisotopic (exact) mass is 323 g/mol. The van der Waals surface area contributed by atoms with Crippen LogP contribution in [0, 0.1) is 0 Å². The van der Waals surface area contributed by atoms with Gasteiger partial charge in [0, 0.05) is 0 Å². The molecule has 0 saturated carbocycles. The Bertz CT molecular complexity index is 559. The molecule has 2 fully saturated rings. The first kappa shape index (κ1) is 15.9. The quantitative estimate of drug-likeness (QED) is 0.494. The van der Waals surface area contributed by atoms with Crippen LogP contribution in [0.2, 0.25) is 0 Å². The van der Waals surface area contributed by atoms with Gasteiger partial charge in [-0.05, 0) is 26.3 Å². The predicted octanol–water partition coefficient (Wildman–Crippen LogP) is 1.16. The number of rotatable bonds is 9. The standard InChI is InChI=1S/C15H21N3O5/c1-10(2)5-19-11-16-12(20-6-14(3)8-22-14)18-13(17-11)21-7-15(4)9-23-15/h1,5-9H2,2-4H3. The Morgan fingerprint density at radius 2 is 1.35 bits per heavy atom. The number of nitrogens with zero attached hydrogens (tertiary/aromatic N) is 3. The van der Waals surface area contributed by atoms with Crippen molar-refractivity contribution in [1.29, 1.82) is 0 Å². The molecule has 1 aromatic rings. The zero-order valence-corrected chi connectivity index (χ0v) is 13.6. The summed E-state index contributed by atoms with van der Waals surface area (Å²) in [5.41, 5.74) is 0.330. The zero-order valence-electron chi connectivity index (χ0n) is 13.6. The summed E-state index contributed by atoms with van der Waals surface area (Å²) < 4.78 is 27.1. The second-order valence-corrected chi connectivity index (χ2v) is 6.48. The zero-order chi connectivity index (χ0) is 16.5. The fourth-order valence-corrected chi connectivity index (χ4v) is 1.55. The van der Waals surface area contributed by atoms with Gasteiger partial charge in [0.15, 0.2) is 0 Å². The fraction of sp³-hybridized carbons (Fsp3) is 0.667. The molecule has 8 heteroatoms. The first-order valence-corrected chi connectivity index (χ1v) is 7.43. The lowest BCUT2D eigenvalue weighted by molar-refractivity contribution is 0.170. The second-order valence-electron chi connectivity index (χ2n) is 6.48. The van der Waals surface area contributed by atoms with Crippen LogP contribution in [0.25, 0.3) is 0 Å². The van der Waals surface area contributed by atoms with E-state index < -0.39 is 0 Å². The topological polar surface area (TPSA) is 91.4 Å². The molecule has 2 unspecified atom stereocenters. The molecule has 2 aliphatic heterocycles. The van der Waals surface area contributed by atoms with Gasteiger partial charge in [0.2, 0.25) is 0 Å². The van der Waals surface area contributed by atoms with Crippen LogP contribution in [0.4, 0.5) is 0 Å². The number of epoxide rings is 2. The normalized spacial score (nSPS) is 28.1. The van der Waals surface area contributed by atoms with Crippen molar-refractivity contribution in [2.45, 2.75) is 32.0 Å². The van der Waals surface area contributed by atoms with Crippen LogP contribution in [-0.4, -0.2) is 59.2 Å². The van der Waals surface area contributed by atoms with Crippen LogP contribution < -0.4 is 14.2 Å². The van der Waals surface area contributed by atoms with E-state index in [4.69, 9.17) is 23.7 Å². The van der Waals surface area contributed by atoms with Gasteiger partial charge in [-0.3, -0.25) is 0 Å². The summed E-state index contributed by atoms with van der Waals surface area (Å²) >= 11 is 0. The van der Waals surface area contributed by atoms with Crippen LogP contribution in [0.1, 0.15) is 20.8 Å². The van der Waals surface area contributed by atoms with Crippen molar-refractivity contribution in [2.24, 2.45) is 0 Å². The van der Waals surface area contributed by atoms with E-state index in [1.54, 1.807) is 0 Å². The van der Waals surface area contributed by atoms with Crippen molar-refractivity contribution in [2.75, 3.05) is 33.0 Å². The third-order valence-electron chi connectivity index (χ3n) is 3.31. The van der Waals surface area contributed by atoms with Gasteiger partial charge in [-0.2, -0.15) is 0 Å². The minimum absolute atomic E-state index is 0.136. The molecule has 3 rings (SSSR count). The molecule has 0 aliphatic carbocycles. The molecule has 0 bridgehead atoms. The highest BCUT2D eigenvalue weighted by Gasteiger charge is 2.41. The first-order valence-electron chi connectivity index (χ1n) is 7.43. The molecule has 0 aromatic carbocycles. The predicted molar refractivity (Wildman–Crippen MR) is 79.8 cm³/mol. The lowest BCUT2D eigenvalue weighted by Crippen LogP contribution is -2.20. The molecule has 0 amide bonds. The number of aromatic nitrogens is 3. The van der Waals surface area contributed by atoms with Crippen molar-refractivity contribution < 1.29 is 23.7 Å². The average Bonchev–Trinajstić information content (AvgIpc) is 3.42. The Morgan fingerprint density at radius 3 is 1.70 bits per heavy atom. The summed E-state index contributed by atoms with van der Waals surface area (Å²) in [7, 11) is 0. The highest BCUT2D eigenvalue weighted by atomic mass is 16.6. The maximum absolute atomic E-state index is 5.57. The van der Waals surface area contributed by atoms with Gasteiger partial charge in [0.05, 0.1) is 13.2 Å². The van der Waals surface area contributed by atoms with E-state index in [0.717, 1.165) is 5.57 Å². The molecule has 23 heavy (non-hydrogen) atoms. The first-order chi connectivity index (χ1) is 10.9. The summed E-state index contributed by atoms with van der Waals surface area (Å²) in [5, 5.41) is 0. The SMILES string of the molecule is C=C(C)COc1nc(OCC2(C)CO2)nc(OCC2(C)CO2)n1. The Morgan fingerprint density at radius 1 is 0.957 bits per heavy atom. The lowest BCUT2D eigenvalue weighted by atomic mass is 10.2. The summed E-state index contributed by atoms with van der Waals surface area (Å²) in [6.07, 6.45) is 0. The Labute approximate surface area is 134 Å². The minimum Gasteiger partial charge on any atom is -0.460 e. The molecule has 3 heterocycles. The Balaban J connectivity index is 1.67. The number of hydrogen-bond acceptors (Lipinski definition) is 8. The van der Waals surface area contributed by atoms with Crippen LogP contribution in [0.15, 0.2) is 12.2 Å². The molecule has 2 atom stereocenters. The average molecular weight is 323 g/mol. The van der Waals surface area contributed by atoms with E-state index in [9.17, 15) is 0 Å². The van der Waals surface area contributed by atoms with Crippen molar-refractivity contribution in [1.82, 2.24) is 15.0 Å². The lowest BCUT2D eigenvalue weighted by Gasteiger charge is -2.11. The second kappa shape index (κ2) is 5.93. The largest absolute Gasteiger partial charge is 0.460 e. The number of ether oxygens (including phenoxy) is 5. The maximum Gasteiger partial charge on any atom is 0.326 e. The molecule has 0 N–H and O–H groups in total. The minimum atomic E-state index is -0.262. The van der Waals surface area contributed by atoms with Crippen LogP contribution >= 0.6 is 0 Å². The van der Waals surface area contributed by atoms with Gasteiger partial charge >= 0.3 is 18.0 Å². The molecule has 2 saturated heterocycles. The smallest absolute Gasteiger partial charge is 0.326 e. The van der Waals surface area contributed by atoms with Gasteiger partial charge in [-0.15, -0.1) is 15.0 Å². The van der Waals surface area contributed by atoms with Crippen LogP contribution in [0.5, 0.6) is 18.0 Å². The molecule has 126 valence electrons. The van der Waals surface area contributed by atoms with Crippen LogP contribution in [0.3, 0.4) is 0 Å². The molecule has 0 radical (unpaired) electrons. The summed E-state index contributed by atoms with van der Waals surface area (Å²) in [4.78, 5) is 12.4. The molecular formula is C15H21N3O5. The molecule has 1 aromatic heterocycles. The van der Waals surface area contributed by atoms with Gasteiger partial charge < -0.3 is 23.7 Å². The molecule has 8 nitrogen and oxygen atoms in total. The summed E-state index contributed by atoms with van der Waals surface area (Å²) in [6.45, 7) is 11.9. The highest BCUT2D eigenvalue weighted by Crippen LogP contribution is 2.28. The van der Waals surface area contributed by atoms with E-state index in [1.807, 2.05) is 20.8 Å². The Kier molecular flexibility index (Phi) is 4.11. The molecule has 0 spiro atoms. The maximum atomic E-state index is 5.57.